The van der Waals surface area contributed by atoms with Crippen LogP contribution in [0.25, 0.3) is 0 Å². The van der Waals surface area contributed by atoms with Gasteiger partial charge in [0.25, 0.3) is 0 Å². The van der Waals surface area contributed by atoms with E-state index in [0.29, 0.717) is 6.04 Å². The molecule has 1 aliphatic heterocycles. The van der Waals surface area contributed by atoms with Crippen molar-refractivity contribution in [1.82, 2.24) is 10.2 Å². The summed E-state index contributed by atoms with van der Waals surface area (Å²) in [5, 5.41) is 3.41. The molecule has 2 atom stereocenters. The molecule has 4 heteroatoms. The molecule has 0 aromatic heterocycles. The minimum atomic E-state index is -0.102. The van der Waals surface area contributed by atoms with E-state index in [2.05, 4.69) is 49.0 Å². The second-order valence-corrected chi connectivity index (χ2v) is 6.12. The lowest BCUT2D eigenvalue weighted by Gasteiger charge is -2.40. The molecule has 21 heavy (non-hydrogen) atoms. The van der Waals surface area contributed by atoms with Gasteiger partial charge in [-0.25, -0.2) is 4.39 Å². The number of hydrogen-bond donors (Lipinski definition) is 1. The number of anilines is 1. The van der Waals surface area contributed by atoms with Gasteiger partial charge in [0.1, 0.15) is 5.82 Å². The zero-order valence-corrected chi connectivity index (χ0v) is 13.7. The zero-order chi connectivity index (χ0) is 15.4. The van der Waals surface area contributed by atoms with Gasteiger partial charge >= 0.3 is 0 Å². The lowest BCUT2D eigenvalue weighted by Crippen LogP contribution is -2.50. The van der Waals surface area contributed by atoms with E-state index in [0.717, 1.165) is 43.9 Å². The monoisotopic (exact) mass is 293 g/mol. The van der Waals surface area contributed by atoms with Gasteiger partial charge in [0, 0.05) is 43.0 Å². The summed E-state index contributed by atoms with van der Waals surface area (Å²) in [6.07, 6.45) is 1.06. The minimum absolute atomic E-state index is 0.0381. The third-order valence-electron chi connectivity index (χ3n) is 4.46. The molecule has 1 saturated heterocycles. The predicted molar refractivity (Wildman–Crippen MR) is 87.4 cm³/mol. The first-order chi connectivity index (χ1) is 10.0. The zero-order valence-electron chi connectivity index (χ0n) is 13.7. The van der Waals surface area contributed by atoms with Crippen molar-refractivity contribution in [3.05, 3.63) is 29.6 Å². The number of piperazine rings is 1. The molecule has 1 aromatic rings. The molecule has 0 saturated carbocycles. The average Bonchev–Trinajstić information content (AvgIpc) is 2.47. The van der Waals surface area contributed by atoms with Gasteiger partial charge in [-0.1, -0.05) is 13.0 Å². The quantitative estimate of drug-likeness (QED) is 0.900. The van der Waals surface area contributed by atoms with Gasteiger partial charge in [0.2, 0.25) is 0 Å². The van der Waals surface area contributed by atoms with E-state index in [1.54, 1.807) is 6.07 Å². The Morgan fingerprint density at radius 3 is 2.81 bits per heavy atom. The van der Waals surface area contributed by atoms with Gasteiger partial charge in [-0.15, -0.1) is 0 Å². The number of hydrogen-bond acceptors (Lipinski definition) is 3. The summed E-state index contributed by atoms with van der Waals surface area (Å²) in [7, 11) is 2.15. The van der Waals surface area contributed by atoms with Crippen LogP contribution in [-0.4, -0.2) is 44.2 Å². The van der Waals surface area contributed by atoms with Crippen molar-refractivity contribution < 1.29 is 4.39 Å². The normalized spacial score (nSPS) is 21.6. The molecule has 2 rings (SSSR count). The third-order valence-corrected chi connectivity index (χ3v) is 4.46. The Morgan fingerprint density at radius 2 is 2.14 bits per heavy atom. The van der Waals surface area contributed by atoms with E-state index < -0.39 is 0 Å². The Balaban J connectivity index is 2.25. The fraction of sp³-hybridized carbons (Fsp3) is 0.647. The molecule has 118 valence electrons. The number of benzene rings is 1. The van der Waals surface area contributed by atoms with Crippen LogP contribution in [0.4, 0.5) is 10.1 Å². The predicted octanol–water partition coefficient (Wildman–Crippen LogP) is 3.03. The second-order valence-electron chi connectivity index (χ2n) is 6.12. The molecular weight excluding hydrogens is 265 g/mol. The van der Waals surface area contributed by atoms with Crippen molar-refractivity contribution in [2.75, 3.05) is 38.1 Å². The molecule has 1 heterocycles. The van der Waals surface area contributed by atoms with Gasteiger partial charge in [0.15, 0.2) is 0 Å². The Morgan fingerprint density at radius 1 is 1.38 bits per heavy atom. The highest BCUT2D eigenvalue weighted by molar-refractivity contribution is 5.56. The highest BCUT2D eigenvalue weighted by atomic mass is 19.1. The molecule has 1 N–H and O–H groups in total. The highest BCUT2D eigenvalue weighted by Crippen LogP contribution is 2.30. The number of halogens is 1. The summed E-state index contributed by atoms with van der Waals surface area (Å²) in [5.74, 6) is -0.102. The molecule has 2 unspecified atom stereocenters. The Labute approximate surface area is 128 Å². The molecular formula is C17H28FN3. The van der Waals surface area contributed by atoms with Crippen LogP contribution in [0.15, 0.2) is 18.2 Å². The van der Waals surface area contributed by atoms with E-state index in [1.807, 2.05) is 6.07 Å². The van der Waals surface area contributed by atoms with Gasteiger partial charge in [-0.3, -0.25) is 0 Å². The average molecular weight is 293 g/mol. The first kappa shape index (κ1) is 16.2. The van der Waals surface area contributed by atoms with Crippen LogP contribution in [0, 0.1) is 5.82 Å². The maximum absolute atomic E-state index is 14.4. The third kappa shape index (κ3) is 3.74. The lowest BCUT2D eigenvalue weighted by molar-refractivity contribution is 0.233. The smallest absolute Gasteiger partial charge is 0.130 e. The van der Waals surface area contributed by atoms with E-state index in [9.17, 15) is 4.39 Å². The van der Waals surface area contributed by atoms with Crippen molar-refractivity contribution in [2.24, 2.45) is 0 Å². The molecule has 0 amide bonds. The van der Waals surface area contributed by atoms with Gasteiger partial charge in [-0.05, 0) is 46.0 Å². The van der Waals surface area contributed by atoms with Crippen molar-refractivity contribution in [1.29, 1.82) is 0 Å². The Bertz CT molecular complexity index is 463. The number of likely N-dealkylation sites (N-methyl/N-ethyl adjacent to an activating group) is 1. The molecule has 1 aliphatic rings. The first-order valence-electron chi connectivity index (χ1n) is 8.01. The summed E-state index contributed by atoms with van der Waals surface area (Å²) in [6, 6.07) is 5.98. The van der Waals surface area contributed by atoms with Crippen LogP contribution in [-0.2, 0) is 0 Å². The lowest BCUT2D eigenvalue weighted by atomic mass is 10.0. The summed E-state index contributed by atoms with van der Waals surface area (Å²) < 4.78 is 14.4. The standard InChI is InChI=1S/C17H28FN3/c1-5-9-19-14(3)17-15(18)7-6-8-16(17)21-11-10-20(4)13(2)12-21/h6-8,13-14,19H,5,9-12H2,1-4H3. The summed E-state index contributed by atoms with van der Waals surface area (Å²) in [4.78, 5) is 4.68. The van der Waals surface area contributed by atoms with E-state index in [1.165, 1.54) is 0 Å². The van der Waals surface area contributed by atoms with Gasteiger partial charge in [0.05, 0.1) is 0 Å². The molecule has 0 bridgehead atoms. The molecule has 0 aliphatic carbocycles. The van der Waals surface area contributed by atoms with Crippen LogP contribution >= 0.6 is 0 Å². The fourth-order valence-electron chi connectivity index (χ4n) is 2.96. The second kappa shape index (κ2) is 7.23. The van der Waals surface area contributed by atoms with Crippen molar-refractivity contribution in [3.63, 3.8) is 0 Å². The van der Waals surface area contributed by atoms with E-state index in [-0.39, 0.29) is 11.9 Å². The fourth-order valence-corrected chi connectivity index (χ4v) is 2.96. The van der Waals surface area contributed by atoms with Crippen LogP contribution < -0.4 is 10.2 Å². The summed E-state index contributed by atoms with van der Waals surface area (Å²) in [5.41, 5.74) is 1.86. The van der Waals surface area contributed by atoms with Crippen molar-refractivity contribution in [3.8, 4) is 0 Å². The van der Waals surface area contributed by atoms with E-state index >= 15 is 0 Å². The Kier molecular flexibility index (Phi) is 5.59. The molecule has 0 radical (unpaired) electrons. The number of nitrogens with one attached hydrogen (secondary N) is 1. The minimum Gasteiger partial charge on any atom is -0.368 e. The van der Waals surface area contributed by atoms with Crippen LogP contribution in [0.3, 0.4) is 0 Å². The maximum atomic E-state index is 14.4. The Hall–Kier alpha value is -1.13. The van der Waals surface area contributed by atoms with Crippen molar-refractivity contribution in [2.45, 2.75) is 39.3 Å². The molecule has 3 nitrogen and oxygen atoms in total. The van der Waals surface area contributed by atoms with Crippen LogP contribution in [0.5, 0.6) is 0 Å². The molecule has 1 fully saturated rings. The van der Waals surface area contributed by atoms with E-state index in [4.69, 9.17) is 0 Å². The van der Waals surface area contributed by atoms with Gasteiger partial charge in [-0.2, -0.15) is 0 Å². The topological polar surface area (TPSA) is 18.5 Å². The van der Waals surface area contributed by atoms with Crippen LogP contribution in [0.1, 0.15) is 38.8 Å². The van der Waals surface area contributed by atoms with Gasteiger partial charge < -0.3 is 15.1 Å². The largest absolute Gasteiger partial charge is 0.368 e. The molecule has 1 aromatic carbocycles. The number of rotatable bonds is 5. The first-order valence-corrected chi connectivity index (χ1v) is 8.01. The van der Waals surface area contributed by atoms with Crippen LogP contribution in [0.2, 0.25) is 0 Å². The maximum Gasteiger partial charge on any atom is 0.130 e. The summed E-state index contributed by atoms with van der Waals surface area (Å²) >= 11 is 0. The highest BCUT2D eigenvalue weighted by Gasteiger charge is 2.25. The number of nitrogens with zero attached hydrogens (tertiary/aromatic N) is 2. The van der Waals surface area contributed by atoms with Crippen molar-refractivity contribution >= 4 is 5.69 Å². The SMILES string of the molecule is CCCNC(C)c1c(F)cccc1N1CCN(C)C(C)C1. The summed E-state index contributed by atoms with van der Waals surface area (Å²) in [6.45, 7) is 10.2. The molecule has 0 spiro atoms.